The highest BCUT2D eigenvalue weighted by atomic mass is 35.5. The molecule has 0 unspecified atom stereocenters. The third-order valence-electron chi connectivity index (χ3n) is 7.83. The third kappa shape index (κ3) is 4.10. The van der Waals surface area contributed by atoms with Crippen molar-refractivity contribution in [1.82, 2.24) is 34.5 Å². The predicted octanol–water partition coefficient (Wildman–Crippen LogP) is 5.37. The molecule has 5 aromatic rings. The monoisotopic (exact) mass is 582 g/mol. The molecule has 0 spiro atoms. The number of fused-ring (bicyclic) bond motifs is 3. The van der Waals surface area contributed by atoms with Crippen LogP contribution < -0.4 is 11.3 Å². The van der Waals surface area contributed by atoms with Crippen LogP contribution in [-0.2, 0) is 6.18 Å². The lowest BCUT2D eigenvalue weighted by molar-refractivity contribution is -0.141. The summed E-state index contributed by atoms with van der Waals surface area (Å²) in [5.41, 5.74) is 6.73. The van der Waals surface area contributed by atoms with Crippen LogP contribution in [0.15, 0.2) is 59.7 Å². The Hall–Kier alpha value is -4.52. The molecule has 14 heteroatoms. The van der Waals surface area contributed by atoms with Gasteiger partial charge in [0.25, 0.3) is 5.56 Å². The molecule has 1 aromatic carbocycles. The van der Waals surface area contributed by atoms with Crippen molar-refractivity contribution in [2.45, 2.75) is 31.0 Å². The zero-order valence-electron chi connectivity index (χ0n) is 20.9. The number of anilines is 1. The van der Waals surface area contributed by atoms with E-state index in [0.29, 0.717) is 27.7 Å². The van der Waals surface area contributed by atoms with Crippen molar-refractivity contribution >= 4 is 17.4 Å². The van der Waals surface area contributed by atoms with Crippen LogP contribution in [0.25, 0.3) is 28.1 Å². The van der Waals surface area contributed by atoms with E-state index in [2.05, 4.69) is 25.3 Å². The lowest BCUT2D eigenvalue weighted by Gasteiger charge is -2.32. The summed E-state index contributed by atoms with van der Waals surface area (Å²) in [4.78, 5) is 25.0. The Morgan fingerprint density at radius 2 is 1.90 bits per heavy atom. The number of hydrogen-bond acceptors (Lipinski definition) is 6. The quantitative estimate of drug-likeness (QED) is 0.217. The average Bonchev–Trinajstić information content (AvgIpc) is 3.61. The average molecular weight is 583 g/mol. The number of rotatable bonds is 4. The minimum atomic E-state index is -4.66. The standard InChI is InChI=1S/C27H19ClF4N8O/c28-13-1-5-19(39-11-21(37-38-39)27(30,31)32)17(9-13)12-7-20-14-2-3-15(14)24(40(20)23(41)8-12)26-34-10-18(35-26)16-4-6-22(33)36-25(16)29/h1,4-11,14-15,24H,2-3H2,(H2,33,36)(H,34,35)/t14-,15+,24+/m1/s1. The number of hydrogen-bond donors (Lipinski definition) is 2. The van der Waals surface area contributed by atoms with Gasteiger partial charge in [-0.1, -0.05) is 16.8 Å². The first-order valence-electron chi connectivity index (χ1n) is 12.6. The zero-order chi connectivity index (χ0) is 28.6. The molecule has 3 N–H and O–H groups in total. The Morgan fingerprint density at radius 3 is 2.61 bits per heavy atom. The van der Waals surface area contributed by atoms with E-state index in [-0.39, 0.29) is 34.5 Å². The molecule has 9 nitrogen and oxygen atoms in total. The minimum absolute atomic E-state index is 0.0582. The van der Waals surface area contributed by atoms with Gasteiger partial charge < -0.3 is 15.3 Å². The smallest absolute Gasteiger partial charge is 0.384 e. The maximum absolute atomic E-state index is 14.5. The number of halogens is 5. The minimum Gasteiger partial charge on any atom is -0.384 e. The van der Waals surface area contributed by atoms with Gasteiger partial charge in [-0.2, -0.15) is 17.6 Å². The molecule has 0 saturated heterocycles. The number of pyridine rings is 2. The van der Waals surface area contributed by atoms with Gasteiger partial charge in [-0.3, -0.25) is 4.79 Å². The highest BCUT2D eigenvalue weighted by Crippen LogP contribution is 2.55. The number of aromatic amines is 1. The molecule has 3 atom stereocenters. The normalized spacial score (nSPS) is 19.6. The number of benzene rings is 1. The second-order valence-electron chi connectivity index (χ2n) is 10.1. The van der Waals surface area contributed by atoms with Gasteiger partial charge in [-0.05, 0) is 60.7 Å². The number of nitrogen functional groups attached to an aromatic ring is 1. The second kappa shape index (κ2) is 8.99. The van der Waals surface area contributed by atoms with Gasteiger partial charge in [0.2, 0.25) is 5.95 Å². The number of imidazole rings is 1. The van der Waals surface area contributed by atoms with Crippen molar-refractivity contribution in [2.24, 2.45) is 5.92 Å². The first-order chi connectivity index (χ1) is 19.6. The van der Waals surface area contributed by atoms with Gasteiger partial charge in [-0.25, -0.2) is 14.6 Å². The second-order valence-corrected chi connectivity index (χ2v) is 10.6. The van der Waals surface area contributed by atoms with Crippen molar-refractivity contribution in [3.63, 3.8) is 0 Å². The molecule has 208 valence electrons. The molecule has 1 saturated carbocycles. The third-order valence-corrected chi connectivity index (χ3v) is 8.06. The fourth-order valence-electron chi connectivity index (χ4n) is 5.85. The predicted molar refractivity (Wildman–Crippen MR) is 141 cm³/mol. The highest BCUT2D eigenvalue weighted by molar-refractivity contribution is 6.31. The summed E-state index contributed by atoms with van der Waals surface area (Å²) in [6.45, 7) is 0. The number of alkyl halides is 3. The van der Waals surface area contributed by atoms with Gasteiger partial charge >= 0.3 is 6.18 Å². The number of H-pyrrole nitrogens is 1. The van der Waals surface area contributed by atoms with Gasteiger partial charge in [-0.15, -0.1) is 5.10 Å². The van der Waals surface area contributed by atoms with Crippen LogP contribution >= 0.6 is 11.6 Å². The van der Waals surface area contributed by atoms with Crippen LogP contribution in [0.1, 0.15) is 42.0 Å². The molecule has 41 heavy (non-hydrogen) atoms. The van der Waals surface area contributed by atoms with Crippen LogP contribution in [-0.4, -0.2) is 34.5 Å². The molecule has 1 fully saturated rings. The largest absolute Gasteiger partial charge is 0.436 e. The van der Waals surface area contributed by atoms with Crippen LogP contribution in [0.5, 0.6) is 0 Å². The van der Waals surface area contributed by atoms with E-state index in [9.17, 15) is 22.4 Å². The summed E-state index contributed by atoms with van der Waals surface area (Å²) in [5, 5.41) is 7.25. The molecular weight excluding hydrogens is 564 g/mol. The van der Waals surface area contributed by atoms with Crippen LogP contribution in [0.4, 0.5) is 23.4 Å². The molecule has 7 rings (SSSR count). The Kier molecular flexibility index (Phi) is 5.58. The van der Waals surface area contributed by atoms with E-state index in [0.717, 1.165) is 29.4 Å². The molecule has 1 aliphatic carbocycles. The summed E-state index contributed by atoms with van der Waals surface area (Å²) in [5.74, 6) is 0.00678. The van der Waals surface area contributed by atoms with Crippen LogP contribution in [0.3, 0.4) is 0 Å². The summed E-state index contributed by atoms with van der Waals surface area (Å²) in [6.07, 6.45) is -0.649. The highest BCUT2D eigenvalue weighted by Gasteiger charge is 2.49. The van der Waals surface area contributed by atoms with Gasteiger partial charge in [0, 0.05) is 28.3 Å². The van der Waals surface area contributed by atoms with Crippen molar-refractivity contribution in [3.8, 4) is 28.1 Å². The Balaban J connectivity index is 1.31. The van der Waals surface area contributed by atoms with Gasteiger partial charge in [0.15, 0.2) is 5.69 Å². The summed E-state index contributed by atoms with van der Waals surface area (Å²) in [7, 11) is 0. The van der Waals surface area contributed by atoms with Gasteiger partial charge in [0.1, 0.15) is 11.6 Å². The Morgan fingerprint density at radius 1 is 1.07 bits per heavy atom. The zero-order valence-corrected chi connectivity index (χ0v) is 21.7. The maximum Gasteiger partial charge on any atom is 0.436 e. The Labute approximate surface area is 233 Å². The van der Waals surface area contributed by atoms with E-state index in [4.69, 9.17) is 17.3 Å². The topological polar surface area (TPSA) is 120 Å². The molecule has 0 bridgehead atoms. The molecular formula is C27H19ClF4N8O. The SMILES string of the molecule is Nc1ccc(-c2cnc([C@@H]3[C@H]4CC[C@H]4c4cc(-c5cc(Cl)ccc5-n5cc(C(F)(F)F)nn5)cc(=O)n43)[nH]2)c(F)n1. The maximum atomic E-state index is 14.5. The molecule has 0 amide bonds. The lowest BCUT2D eigenvalue weighted by Crippen LogP contribution is -2.28. The van der Waals surface area contributed by atoms with Crippen LogP contribution in [0, 0.1) is 11.9 Å². The van der Waals surface area contributed by atoms with E-state index in [1.807, 2.05) is 6.07 Å². The summed E-state index contributed by atoms with van der Waals surface area (Å²) < 4.78 is 56.7. The fourth-order valence-corrected chi connectivity index (χ4v) is 6.02. The number of nitrogens with two attached hydrogens (primary N) is 1. The van der Waals surface area contributed by atoms with E-state index < -0.39 is 23.9 Å². The number of nitrogens with one attached hydrogen (secondary N) is 1. The summed E-state index contributed by atoms with van der Waals surface area (Å²) in [6, 6.07) is 10.5. The lowest BCUT2D eigenvalue weighted by atomic mass is 9.71. The van der Waals surface area contributed by atoms with Crippen molar-refractivity contribution < 1.29 is 17.6 Å². The van der Waals surface area contributed by atoms with Crippen molar-refractivity contribution in [2.75, 3.05) is 5.73 Å². The van der Waals surface area contributed by atoms with Crippen LogP contribution in [0.2, 0.25) is 5.02 Å². The van der Waals surface area contributed by atoms with E-state index in [1.165, 1.54) is 36.5 Å². The number of aromatic nitrogens is 7. The first-order valence-corrected chi connectivity index (χ1v) is 13.0. The molecule has 5 heterocycles. The molecule has 4 aromatic heterocycles. The van der Waals surface area contributed by atoms with Gasteiger partial charge in [0.05, 0.1) is 35.4 Å². The van der Waals surface area contributed by atoms with E-state index >= 15 is 0 Å². The first kappa shape index (κ1) is 25.4. The summed E-state index contributed by atoms with van der Waals surface area (Å²) >= 11 is 6.27. The van der Waals surface area contributed by atoms with Crippen molar-refractivity contribution in [3.05, 3.63) is 93.4 Å². The fraction of sp³-hybridized carbons (Fsp3) is 0.222. The Bertz CT molecular complexity index is 1890. The van der Waals surface area contributed by atoms with E-state index in [1.54, 1.807) is 10.6 Å². The number of nitrogens with zero attached hydrogens (tertiary/aromatic N) is 6. The molecule has 2 aliphatic rings. The molecule has 1 aliphatic heterocycles. The van der Waals surface area contributed by atoms with Crippen molar-refractivity contribution in [1.29, 1.82) is 0 Å². The molecule has 0 radical (unpaired) electrons.